The van der Waals surface area contributed by atoms with Crippen molar-refractivity contribution >= 4 is 23.1 Å². The van der Waals surface area contributed by atoms with Crippen molar-refractivity contribution < 1.29 is 9.18 Å². The first-order chi connectivity index (χ1) is 19.0. The number of allylic oxidation sites excluding steroid dienone is 2. The van der Waals surface area contributed by atoms with Gasteiger partial charge in [0.15, 0.2) is 0 Å². The number of hydrazine groups is 1. The number of carbonyl (C=O) groups excluding carboxylic acids is 1. The second-order valence-electron chi connectivity index (χ2n) is 10.3. The lowest BCUT2D eigenvalue weighted by Gasteiger charge is -2.38. The van der Waals surface area contributed by atoms with Gasteiger partial charge >= 0.3 is 0 Å². The van der Waals surface area contributed by atoms with Crippen LogP contribution in [0.1, 0.15) is 51.7 Å². The van der Waals surface area contributed by atoms with Gasteiger partial charge in [-0.05, 0) is 56.5 Å². The van der Waals surface area contributed by atoms with Gasteiger partial charge in [0.1, 0.15) is 23.1 Å². The molecular weight excluding hydrogens is 505 g/mol. The van der Waals surface area contributed by atoms with E-state index in [1.165, 1.54) is 17.3 Å². The first kappa shape index (κ1) is 30.3. The van der Waals surface area contributed by atoms with Crippen LogP contribution < -0.4 is 21.8 Å². The molecule has 1 aliphatic heterocycles. The zero-order valence-electron chi connectivity index (χ0n) is 24.0. The third kappa shape index (κ3) is 8.13. The van der Waals surface area contributed by atoms with Crippen LogP contribution in [-0.4, -0.2) is 41.1 Å². The Bertz CT molecular complexity index is 1310. The zero-order chi connectivity index (χ0) is 29.3. The molecule has 0 aromatic heterocycles. The standard InChI is InChI=1S/C31H40FN7O/c1-7-11-26-31(4,5)37-28(33)27(30(40)39(6)38-26)29(36-25-12-9-8-10-13-25)35-20-23-14-16-24(17-15-23)22(3)34-19-18-21(2)32/h8-10,12-19,26,35-36,38H,2,7,11,20H2,1,3-6H3,(H2,33,37)/b19-18-,29-27-,34-22?/t26-/m1/s1. The van der Waals surface area contributed by atoms with Crippen LogP contribution in [0.4, 0.5) is 10.1 Å². The number of nitrogens with two attached hydrogens (primary N) is 1. The number of amidine groups is 1. The highest BCUT2D eigenvalue weighted by atomic mass is 19.1. The predicted octanol–water partition coefficient (Wildman–Crippen LogP) is 5.19. The molecule has 0 spiro atoms. The third-order valence-corrected chi connectivity index (χ3v) is 6.62. The number of nitrogens with one attached hydrogen (secondary N) is 3. The molecule has 8 nitrogen and oxygen atoms in total. The number of carbonyl (C=O) groups is 1. The van der Waals surface area contributed by atoms with E-state index in [-0.39, 0.29) is 23.4 Å². The summed E-state index contributed by atoms with van der Waals surface area (Å²) < 4.78 is 12.8. The molecule has 0 fully saturated rings. The SMILES string of the molecule is C=C(F)/C=C\N=C(C)c1ccc(CN/C(Nc2ccccc2)=C2/C(=O)N(C)N[C@H](CCC)C(C)(C)N=C2N)cc1. The molecule has 0 saturated heterocycles. The molecule has 5 N–H and O–H groups in total. The van der Waals surface area contributed by atoms with Gasteiger partial charge < -0.3 is 16.4 Å². The summed E-state index contributed by atoms with van der Waals surface area (Å²) >= 11 is 0. The van der Waals surface area contributed by atoms with E-state index in [2.05, 4.69) is 34.6 Å². The van der Waals surface area contributed by atoms with Crippen molar-refractivity contribution in [1.29, 1.82) is 0 Å². The van der Waals surface area contributed by atoms with Crippen LogP contribution in [0.25, 0.3) is 0 Å². The Hall–Kier alpha value is -4.24. The second kappa shape index (κ2) is 13.7. The van der Waals surface area contributed by atoms with Gasteiger partial charge in [0, 0.05) is 31.2 Å². The van der Waals surface area contributed by atoms with Gasteiger partial charge in [-0.1, -0.05) is 62.4 Å². The average molecular weight is 546 g/mol. The molecule has 0 saturated carbocycles. The predicted molar refractivity (Wildman–Crippen MR) is 162 cm³/mol. The summed E-state index contributed by atoms with van der Waals surface area (Å²) in [6.07, 6.45) is 4.38. The normalized spacial score (nSPS) is 19.1. The number of anilines is 1. The number of aliphatic imine (C=N–C) groups is 2. The molecule has 3 rings (SSSR count). The molecule has 0 unspecified atom stereocenters. The minimum atomic E-state index is -0.549. The van der Waals surface area contributed by atoms with Crippen LogP contribution in [0.3, 0.4) is 0 Å². The minimum absolute atomic E-state index is 0.0539. The molecule has 212 valence electrons. The number of likely N-dealkylation sites (N-methyl/N-ethyl adjacent to an activating group) is 1. The Morgan fingerprint density at radius 2 is 1.90 bits per heavy atom. The highest BCUT2D eigenvalue weighted by Gasteiger charge is 2.36. The maximum Gasteiger partial charge on any atom is 0.275 e. The van der Waals surface area contributed by atoms with Gasteiger partial charge in [0.2, 0.25) is 0 Å². The molecule has 2 aromatic carbocycles. The molecule has 1 heterocycles. The molecule has 1 atom stereocenters. The highest BCUT2D eigenvalue weighted by molar-refractivity contribution is 6.21. The minimum Gasteiger partial charge on any atom is -0.383 e. The molecule has 0 bridgehead atoms. The van der Waals surface area contributed by atoms with Crippen molar-refractivity contribution in [2.75, 3.05) is 12.4 Å². The summed E-state index contributed by atoms with van der Waals surface area (Å²) in [5.74, 6) is -0.224. The molecule has 1 aliphatic rings. The summed E-state index contributed by atoms with van der Waals surface area (Å²) in [5, 5.41) is 8.22. The Morgan fingerprint density at radius 1 is 1.23 bits per heavy atom. The van der Waals surface area contributed by atoms with Crippen molar-refractivity contribution in [3.05, 3.63) is 102 Å². The maximum atomic E-state index is 13.7. The van der Waals surface area contributed by atoms with E-state index >= 15 is 0 Å². The summed E-state index contributed by atoms with van der Waals surface area (Å²) in [6.45, 7) is 11.6. The van der Waals surface area contributed by atoms with Crippen molar-refractivity contribution in [2.45, 2.75) is 58.7 Å². The molecule has 0 radical (unpaired) electrons. The van der Waals surface area contributed by atoms with Gasteiger partial charge in [-0.2, -0.15) is 0 Å². The van der Waals surface area contributed by atoms with Crippen LogP contribution >= 0.6 is 0 Å². The highest BCUT2D eigenvalue weighted by Crippen LogP contribution is 2.24. The maximum absolute atomic E-state index is 13.7. The van der Waals surface area contributed by atoms with Gasteiger partial charge in [-0.15, -0.1) is 0 Å². The number of halogens is 1. The monoisotopic (exact) mass is 545 g/mol. The van der Waals surface area contributed by atoms with Crippen molar-refractivity contribution in [1.82, 2.24) is 15.8 Å². The fourth-order valence-electron chi connectivity index (χ4n) is 4.33. The smallest absolute Gasteiger partial charge is 0.275 e. The molecule has 9 heteroatoms. The van der Waals surface area contributed by atoms with Crippen molar-refractivity contribution in [2.24, 2.45) is 15.7 Å². The first-order valence-corrected chi connectivity index (χ1v) is 13.4. The van der Waals surface area contributed by atoms with Crippen LogP contribution in [0.5, 0.6) is 0 Å². The number of para-hydroxylation sites is 1. The van der Waals surface area contributed by atoms with Crippen LogP contribution in [0, 0.1) is 0 Å². The van der Waals surface area contributed by atoms with Crippen molar-refractivity contribution in [3.63, 3.8) is 0 Å². The number of amides is 1. The van der Waals surface area contributed by atoms with E-state index < -0.39 is 11.4 Å². The summed E-state index contributed by atoms with van der Waals surface area (Å²) in [7, 11) is 1.71. The Morgan fingerprint density at radius 3 is 2.52 bits per heavy atom. The van der Waals surface area contributed by atoms with Gasteiger partial charge in [-0.3, -0.25) is 19.8 Å². The summed E-state index contributed by atoms with van der Waals surface area (Å²) in [6, 6.07) is 17.3. The van der Waals surface area contributed by atoms with Crippen LogP contribution in [0.15, 0.2) is 101 Å². The van der Waals surface area contributed by atoms with E-state index in [1.807, 2.05) is 75.4 Å². The Labute approximate surface area is 236 Å². The van der Waals surface area contributed by atoms with E-state index in [4.69, 9.17) is 10.7 Å². The number of hydrogen-bond donors (Lipinski definition) is 4. The molecule has 0 aliphatic carbocycles. The van der Waals surface area contributed by atoms with Gasteiger partial charge in [0.25, 0.3) is 5.91 Å². The van der Waals surface area contributed by atoms with Crippen molar-refractivity contribution in [3.8, 4) is 0 Å². The molecular formula is C31H40FN7O. The average Bonchev–Trinajstić information content (AvgIpc) is 2.91. The van der Waals surface area contributed by atoms with E-state index in [0.717, 1.165) is 35.4 Å². The van der Waals surface area contributed by atoms with Gasteiger partial charge in [-0.25, -0.2) is 9.82 Å². The lowest BCUT2D eigenvalue weighted by Crippen LogP contribution is -2.57. The zero-order valence-corrected chi connectivity index (χ0v) is 24.0. The largest absolute Gasteiger partial charge is 0.383 e. The fourth-order valence-corrected chi connectivity index (χ4v) is 4.33. The number of nitrogens with zero attached hydrogens (tertiary/aromatic N) is 3. The third-order valence-electron chi connectivity index (χ3n) is 6.62. The molecule has 2 aromatic rings. The number of benzene rings is 2. The Kier molecular flexibility index (Phi) is 10.4. The van der Waals surface area contributed by atoms with E-state index in [1.54, 1.807) is 7.05 Å². The fraction of sp³-hybridized carbons (Fsp3) is 0.323. The number of hydrogen-bond acceptors (Lipinski definition) is 7. The topological polar surface area (TPSA) is 107 Å². The second-order valence-corrected chi connectivity index (χ2v) is 10.3. The quantitative estimate of drug-likeness (QED) is 0.187. The van der Waals surface area contributed by atoms with Crippen LogP contribution in [0.2, 0.25) is 0 Å². The Balaban J connectivity index is 1.96. The van der Waals surface area contributed by atoms with E-state index in [0.29, 0.717) is 12.4 Å². The molecule has 40 heavy (non-hydrogen) atoms. The van der Waals surface area contributed by atoms with Gasteiger partial charge in [0.05, 0.1) is 11.6 Å². The number of rotatable bonds is 10. The first-order valence-electron chi connectivity index (χ1n) is 13.4. The van der Waals surface area contributed by atoms with Crippen LogP contribution in [-0.2, 0) is 11.3 Å². The lowest BCUT2D eigenvalue weighted by atomic mass is 9.91. The summed E-state index contributed by atoms with van der Waals surface area (Å²) in [4.78, 5) is 22.7. The van der Waals surface area contributed by atoms with E-state index in [9.17, 15) is 9.18 Å². The summed E-state index contributed by atoms with van der Waals surface area (Å²) in [5.41, 5.74) is 13.0. The lowest BCUT2D eigenvalue weighted by molar-refractivity contribution is -0.129. The molecule has 1 amide bonds.